The molecule has 23 heavy (non-hydrogen) atoms. The lowest BCUT2D eigenvalue weighted by atomic mass is 10.2. The summed E-state index contributed by atoms with van der Waals surface area (Å²) >= 11 is 0. The Morgan fingerprint density at radius 1 is 0.870 bits per heavy atom. The predicted octanol–water partition coefficient (Wildman–Crippen LogP) is 2.19. The number of methoxy groups -OCH3 is 3. The molecule has 2 rings (SSSR count). The Hall–Kier alpha value is -2.25. The van der Waals surface area contributed by atoms with E-state index in [1.165, 1.54) is 26.4 Å². The van der Waals surface area contributed by atoms with Crippen LogP contribution in [-0.4, -0.2) is 29.7 Å². The van der Waals surface area contributed by atoms with E-state index >= 15 is 0 Å². The highest BCUT2D eigenvalue weighted by Crippen LogP contribution is 2.28. The minimum absolute atomic E-state index is 0.0642. The van der Waals surface area contributed by atoms with Crippen LogP contribution in [0.1, 0.15) is 5.56 Å². The van der Waals surface area contributed by atoms with Crippen molar-refractivity contribution in [2.75, 3.05) is 21.3 Å². The van der Waals surface area contributed by atoms with Gasteiger partial charge in [-0.3, -0.25) is 0 Å². The molecule has 7 heteroatoms. The van der Waals surface area contributed by atoms with Crippen molar-refractivity contribution in [3.63, 3.8) is 0 Å². The zero-order chi connectivity index (χ0) is 16.9. The SMILES string of the molecule is COc1ccc(CNS(=O)(=O)c2ccc(OC)cc2OC)cc1. The van der Waals surface area contributed by atoms with Gasteiger partial charge in [0.05, 0.1) is 21.3 Å². The minimum Gasteiger partial charge on any atom is -0.497 e. The van der Waals surface area contributed by atoms with Crippen LogP contribution in [0.5, 0.6) is 17.2 Å². The quantitative estimate of drug-likeness (QED) is 0.838. The molecule has 0 heterocycles. The molecule has 0 saturated carbocycles. The van der Waals surface area contributed by atoms with Crippen LogP contribution in [0.3, 0.4) is 0 Å². The molecule has 0 radical (unpaired) electrons. The van der Waals surface area contributed by atoms with Gasteiger partial charge < -0.3 is 14.2 Å². The van der Waals surface area contributed by atoms with Gasteiger partial charge in [-0.05, 0) is 29.8 Å². The lowest BCUT2D eigenvalue weighted by Gasteiger charge is -2.12. The third-order valence-electron chi connectivity index (χ3n) is 3.29. The summed E-state index contributed by atoms with van der Waals surface area (Å²) < 4.78 is 42.7. The molecule has 0 amide bonds. The molecule has 1 N–H and O–H groups in total. The zero-order valence-electron chi connectivity index (χ0n) is 13.2. The molecule has 0 bridgehead atoms. The Morgan fingerprint density at radius 2 is 1.48 bits per heavy atom. The molecule has 124 valence electrons. The summed E-state index contributed by atoms with van der Waals surface area (Å²) in [5.74, 6) is 1.47. The molecule has 0 aliphatic heterocycles. The molecule has 0 aliphatic carbocycles. The molecule has 6 nitrogen and oxygen atoms in total. The van der Waals surface area contributed by atoms with E-state index in [0.717, 1.165) is 5.56 Å². The smallest absolute Gasteiger partial charge is 0.244 e. The first-order valence-corrected chi connectivity index (χ1v) is 8.33. The summed E-state index contributed by atoms with van der Waals surface area (Å²) in [5, 5.41) is 0. The number of nitrogens with one attached hydrogen (secondary N) is 1. The Kier molecular flexibility index (Phi) is 5.46. The second kappa shape index (κ2) is 7.34. The highest BCUT2D eigenvalue weighted by Gasteiger charge is 2.19. The van der Waals surface area contributed by atoms with Gasteiger partial charge in [0, 0.05) is 12.6 Å². The molecule has 0 atom stereocenters. The van der Waals surface area contributed by atoms with E-state index in [-0.39, 0.29) is 17.2 Å². The van der Waals surface area contributed by atoms with E-state index in [4.69, 9.17) is 14.2 Å². The summed E-state index contributed by atoms with van der Waals surface area (Å²) in [6.07, 6.45) is 0. The van der Waals surface area contributed by atoms with Crippen molar-refractivity contribution in [3.05, 3.63) is 48.0 Å². The number of rotatable bonds is 7. The van der Waals surface area contributed by atoms with E-state index in [9.17, 15) is 8.42 Å². The fourth-order valence-corrected chi connectivity index (χ4v) is 3.16. The monoisotopic (exact) mass is 337 g/mol. The zero-order valence-corrected chi connectivity index (χ0v) is 14.0. The summed E-state index contributed by atoms with van der Waals surface area (Å²) in [7, 11) is 0.792. The van der Waals surface area contributed by atoms with Crippen LogP contribution < -0.4 is 18.9 Å². The van der Waals surface area contributed by atoms with E-state index in [0.29, 0.717) is 11.5 Å². The highest BCUT2D eigenvalue weighted by molar-refractivity contribution is 7.89. The van der Waals surface area contributed by atoms with E-state index in [1.54, 1.807) is 37.4 Å². The molecular weight excluding hydrogens is 318 g/mol. The molecule has 0 saturated heterocycles. The normalized spacial score (nSPS) is 11.1. The van der Waals surface area contributed by atoms with Gasteiger partial charge in [-0.25, -0.2) is 13.1 Å². The molecule has 0 spiro atoms. The van der Waals surface area contributed by atoms with Crippen LogP contribution in [0, 0.1) is 0 Å². The van der Waals surface area contributed by atoms with Crippen LogP contribution in [0.4, 0.5) is 0 Å². The average molecular weight is 337 g/mol. The molecule has 2 aromatic rings. The maximum absolute atomic E-state index is 12.5. The van der Waals surface area contributed by atoms with Gasteiger partial charge in [0.2, 0.25) is 10.0 Å². The summed E-state index contributed by atoms with van der Waals surface area (Å²) in [5.41, 5.74) is 0.821. The number of sulfonamides is 1. The lowest BCUT2D eigenvalue weighted by molar-refractivity contribution is 0.386. The summed E-state index contributed by atoms with van der Waals surface area (Å²) in [4.78, 5) is 0.0642. The standard InChI is InChI=1S/C16H19NO5S/c1-20-13-6-4-12(5-7-13)11-17-23(18,19)16-9-8-14(21-2)10-15(16)22-3/h4-10,17H,11H2,1-3H3. The van der Waals surface area contributed by atoms with Gasteiger partial charge in [-0.1, -0.05) is 12.1 Å². The van der Waals surface area contributed by atoms with Gasteiger partial charge in [-0.2, -0.15) is 0 Å². The van der Waals surface area contributed by atoms with Gasteiger partial charge >= 0.3 is 0 Å². The summed E-state index contributed by atoms with van der Waals surface area (Å²) in [6.45, 7) is 0.168. The molecule has 2 aromatic carbocycles. The van der Waals surface area contributed by atoms with Gasteiger partial charge in [0.15, 0.2) is 0 Å². The van der Waals surface area contributed by atoms with Crippen molar-refractivity contribution in [2.45, 2.75) is 11.4 Å². The maximum atomic E-state index is 12.5. The first kappa shape index (κ1) is 17.1. The Labute approximate surface area is 136 Å². The number of ether oxygens (including phenoxy) is 3. The Morgan fingerprint density at radius 3 is 2.04 bits per heavy atom. The molecule has 0 fully saturated rings. The van der Waals surface area contributed by atoms with Crippen LogP contribution >= 0.6 is 0 Å². The van der Waals surface area contributed by atoms with Crippen LogP contribution in [-0.2, 0) is 16.6 Å². The topological polar surface area (TPSA) is 73.9 Å². The lowest BCUT2D eigenvalue weighted by Crippen LogP contribution is -2.23. The first-order chi connectivity index (χ1) is 11.0. The van der Waals surface area contributed by atoms with Crippen molar-refractivity contribution in [2.24, 2.45) is 0 Å². The van der Waals surface area contributed by atoms with Gasteiger partial charge in [0.25, 0.3) is 0 Å². The van der Waals surface area contributed by atoms with Crippen molar-refractivity contribution < 1.29 is 22.6 Å². The molecule has 0 unspecified atom stereocenters. The maximum Gasteiger partial charge on any atom is 0.244 e. The molecule has 0 aromatic heterocycles. The number of hydrogen-bond acceptors (Lipinski definition) is 5. The predicted molar refractivity (Wildman–Crippen MR) is 86.6 cm³/mol. The van der Waals surface area contributed by atoms with E-state index < -0.39 is 10.0 Å². The fraction of sp³-hybridized carbons (Fsp3) is 0.250. The number of hydrogen-bond donors (Lipinski definition) is 1. The second-order valence-electron chi connectivity index (χ2n) is 4.69. The highest BCUT2D eigenvalue weighted by atomic mass is 32.2. The minimum atomic E-state index is -3.70. The fourth-order valence-electron chi connectivity index (χ4n) is 2.00. The average Bonchev–Trinajstić information content (AvgIpc) is 2.59. The second-order valence-corrected chi connectivity index (χ2v) is 6.42. The van der Waals surface area contributed by atoms with Crippen LogP contribution in [0.15, 0.2) is 47.4 Å². The Bertz CT molecular complexity index is 757. The third-order valence-corrected chi connectivity index (χ3v) is 4.73. The first-order valence-electron chi connectivity index (χ1n) is 6.85. The molecule has 0 aliphatic rings. The van der Waals surface area contributed by atoms with Crippen LogP contribution in [0.25, 0.3) is 0 Å². The van der Waals surface area contributed by atoms with Crippen molar-refractivity contribution in [1.82, 2.24) is 4.72 Å². The Balaban J connectivity index is 2.18. The van der Waals surface area contributed by atoms with Crippen molar-refractivity contribution in [3.8, 4) is 17.2 Å². The van der Waals surface area contributed by atoms with Crippen molar-refractivity contribution >= 4 is 10.0 Å². The van der Waals surface area contributed by atoms with Crippen LogP contribution in [0.2, 0.25) is 0 Å². The van der Waals surface area contributed by atoms with E-state index in [1.807, 2.05) is 0 Å². The number of benzene rings is 2. The molecular formula is C16H19NO5S. The van der Waals surface area contributed by atoms with Gasteiger partial charge in [-0.15, -0.1) is 0 Å². The van der Waals surface area contributed by atoms with Crippen molar-refractivity contribution in [1.29, 1.82) is 0 Å². The van der Waals surface area contributed by atoms with E-state index in [2.05, 4.69) is 4.72 Å². The van der Waals surface area contributed by atoms with Gasteiger partial charge in [0.1, 0.15) is 22.1 Å². The summed E-state index contributed by atoms with van der Waals surface area (Å²) in [6, 6.07) is 11.7. The third kappa shape index (κ3) is 4.14. The largest absolute Gasteiger partial charge is 0.497 e.